The summed E-state index contributed by atoms with van der Waals surface area (Å²) in [6.07, 6.45) is 0. The van der Waals surface area contributed by atoms with Crippen LogP contribution in [0.15, 0.2) is 18.2 Å². The zero-order chi connectivity index (χ0) is 15.1. The first kappa shape index (κ1) is 16.3. The van der Waals surface area contributed by atoms with Gasteiger partial charge in [-0.05, 0) is 18.2 Å². The molecule has 0 spiro atoms. The van der Waals surface area contributed by atoms with E-state index >= 15 is 0 Å². The quantitative estimate of drug-likeness (QED) is 0.794. The molecule has 1 aromatic carbocycles. The topological polar surface area (TPSA) is 84.5 Å². The number of likely N-dealkylation sites (N-methyl/N-ethyl adjacent to an activating group) is 1. The van der Waals surface area contributed by atoms with Gasteiger partial charge in [0.05, 0.1) is 17.1 Å². The van der Waals surface area contributed by atoms with Crippen molar-refractivity contribution in [2.75, 3.05) is 20.2 Å². The van der Waals surface area contributed by atoms with Gasteiger partial charge in [-0.25, -0.2) is 4.79 Å². The van der Waals surface area contributed by atoms with Crippen LogP contribution in [0, 0.1) is 0 Å². The van der Waals surface area contributed by atoms with E-state index in [0.29, 0.717) is 5.02 Å². The van der Waals surface area contributed by atoms with Crippen LogP contribution in [0.5, 0.6) is 0 Å². The van der Waals surface area contributed by atoms with Gasteiger partial charge in [0.2, 0.25) is 5.91 Å². The number of nitrogens with one attached hydrogen (secondary N) is 2. The van der Waals surface area contributed by atoms with Crippen molar-refractivity contribution in [2.24, 2.45) is 0 Å². The minimum atomic E-state index is -0.771. The number of ether oxygens (including phenoxy) is 1. The first-order chi connectivity index (χ1) is 9.43. The minimum Gasteiger partial charge on any atom is -0.452 e. The standard InChI is InChI=1S/C12H12Cl2N2O4/c1-15-10(17)5-16-11(18)6-20-12(19)8-4-7(13)2-3-9(8)14/h2-4H,5-6H2,1H3,(H,15,17)(H,16,18). The van der Waals surface area contributed by atoms with Crippen LogP contribution in [0.1, 0.15) is 10.4 Å². The Labute approximate surface area is 125 Å². The van der Waals surface area contributed by atoms with Crippen molar-refractivity contribution in [3.63, 3.8) is 0 Å². The van der Waals surface area contributed by atoms with Crippen molar-refractivity contribution in [3.05, 3.63) is 33.8 Å². The number of hydrogen-bond donors (Lipinski definition) is 2. The van der Waals surface area contributed by atoms with Crippen LogP contribution < -0.4 is 10.6 Å². The van der Waals surface area contributed by atoms with E-state index in [1.807, 2.05) is 0 Å². The lowest BCUT2D eigenvalue weighted by atomic mass is 10.2. The highest BCUT2D eigenvalue weighted by Crippen LogP contribution is 2.21. The third kappa shape index (κ3) is 5.07. The van der Waals surface area contributed by atoms with Crippen molar-refractivity contribution < 1.29 is 19.1 Å². The van der Waals surface area contributed by atoms with E-state index in [0.717, 1.165) is 0 Å². The van der Waals surface area contributed by atoms with Gasteiger partial charge in [-0.15, -0.1) is 0 Å². The second-order valence-corrected chi connectivity index (χ2v) is 4.49. The lowest BCUT2D eigenvalue weighted by Crippen LogP contribution is -2.37. The lowest BCUT2D eigenvalue weighted by Gasteiger charge is -2.07. The number of carbonyl (C=O) groups excluding carboxylic acids is 3. The predicted octanol–water partition coefficient (Wildman–Crippen LogP) is 1.01. The molecule has 0 aliphatic heterocycles. The average Bonchev–Trinajstić information content (AvgIpc) is 2.44. The highest BCUT2D eigenvalue weighted by Gasteiger charge is 2.14. The second kappa shape index (κ2) is 7.72. The van der Waals surface area contributed by atoms with Gasteiger partial charge in [-0.3, -0.25) is 9.59 Å². The van der Waals surface area contributed by atoms with Crippen LogP contribution in [0.3, 0.4) is 0 Å². The van der Waals surface area contributed by atoms with E-state index < -0.39 is 18.5 Å². The third-order valence-corrected chi connectivity index (χ3v) is 2.77. The Balaban J connectivity index is 2.49. The second-order valence-electron chi connectivity index (χ2n) is 3.65. The van der Waals surface area contributed by atoms with Crippen LogP contribution >= 0.6 is 23.2 Å². The van der Waals surface area contributed by atoms with Crippen molar-refractivity contribution >= 4 is 41.0 Å². The van der Waals surface area contributed by atoms with Crippen molar-refractivity contribution in [3.8, 4) is 0 Å². The Morgan fingerprint density at radius 3 is 2.55 bits per heavy atom. The van der Waals surface area contributed by atoms with Crippen molar-refractivity contribution in [1.29, 1.82) is 0 Å². The van der Waals surface area contributed by atoms with Gasteiger partial charge in [0, 0.05) is 12.1 Å². The van der Waals surface area contributed by atoms with Crippen LogP contribution in [-0.2, 0) is 14.3 Å². The van der Waals surface area contributed by atoms with E-state index in [-0.39, 0.29) is 23.0 Å². The highest BCUT2D eigenvalue weighted by atomic mass is 35.5. The zero-order valence-corrected chi connectivity index (χ0v) is 12.0. The molecule has 0 aliphatic rings. The normalized spacial score (nSPS) is 9.75. The number of halogens is 2. The first-order valence-electron chi connectivity index (χ1n) is 5.53. The number of esters is 1. The number of benzene rings is 1. The van der Waals surface area contributed by atoms with Crippen LogP contribution in [0.2, 0.25) is 10.0 Å². The Hall–Kier alpha value is -1.79. The summed E-state index contributed by atoms with van der Waals surface area (Å²) in [4.78, 5) is 33.9. The molecule has 0 aromatic heterocycles. The fraction of sp³-hybridized carbons (Fsp3) is 0.250. The molecule has 0 radical (unpaired) electrons. The average molecular weight is 319 g/mol. The van der Waals surface area contributed by atoms with Crippen molar-refractivity contribution in [1.82, 2.24) is 10.6 Å². The SMILES string of the molecule is CNC(=O)CNC(=O)COC(=O)c1cc(Cl)ccc1Cl. The van der Waals surface area contributed by atoms with Gasteiger partial charge in [-0.2, -0.15) is 0 Å². The third-order valence-electron chi connectivity index (χ3n) is 2.21. The molecule has 1 rings (SSSR count). The maximum absolute atomic E-state index is 11.7. The molecule has 20 heavy (non-hydrogen) atoms. The Bertz CT molecular complexity index is 534. The molecule has 1 aromatic rings. The van der Waals surface area contributed by atoms with E-state index in [2.05, 4.69) is 10.6 Å². The summed E-state index contributed by atoms with van der Waals surface area (Å²) >= 11 is 11.5. The number of hydrogen-bond acceptors (Lipinski definition) is 4. The maximum atomic E-state index is 11.7. The van der Waals surface area contributed by atoms with Crippen LogP contribution in [0.4, 0.5) is 0 Å². The van der Waals surface area contributed by atoms with E-state index in [1.54, 1.807) is 0 Å². The Morgan fingerprint density at radius 1 is 1.20 bits per heavy atom. The first-order valence-corrected chi connectivity index (χ1v) is 6.29. The van der Waals surface area contributed by atoms with E-state index in [9.17, 15) is 14.4 Å². The molecule has 0 atom stereocenters. The number of carbonyl (C=O) groups is 3. The fourth-order valence-corrected chi connectivity index (χ4v) is 1.55. The largest absolute Gasteiger partial charge is 0.452 e. The van der Waals surface area contributed by atoms with Gasteiger partial charge in [0.1, 0.15) is 0 Å². The molecule has 0 bridgehead atoms. The van der Waals surface area contributed by atoms with E-state index in [4.69, 9.17) is 27.9 Å². The fourth-order valence-electron chi connectivity index (χ4n) is 1.18. The van der Waals surface area contributed by atoms with Gasteiger partial charge in [0.15, 0.2) is 6.61 Å². The summed E-state index contributed by atoms with van der Waals surface area (Å²) in [6, 6.07) is 4.32. The number of rotatable bonds is 5. The van der Waals surface area contributed by atoms with Crippen LogP contribution in [-0.4, -0.2) is 38.0 Å². The molecule has 0 heterocycles. The summed E-state index contributed by atoms with van der Waals surface area (Å²) in [5, 5.41) is 5.11. The van der Waals surface area contributed by atoms with Gasteiger partial charge < -0.3 is 15.4 Å². The Kier molecular flexibility index (Phi) is 6.27. The summed E-state index contributed by atoms with van der Waals surface area (Å²) in [6.45, 7) is -0.705. The van der Waals surface area contributed by atoms with Gasteiger partial charge in [0.25, 0.3) is 5.91 Å². The molecule has 0 saturated carbocycles. The molecular weight excluding hydrogens is 307 g/mol. The zero-order valence-electron chi connectivity index (χ0n) is 10.5. The molecule has 108 valence electrons. The lowest BCUT2D eigenvalue weighted by molar-refractivity contribution is -0.127. The molecule has 0 unspecified atom stereocenters. The smallest absolute Gasteiger partial charge is 0.340 e. The number of amides is 2. The summed E-state index contributed by atoms with van der Waals surface area (Å²) in [5.41, 5.74) is 0.0678. The van der Waals surface area contributed by atoms with Crippen molar-refractivity contribution in [2.45, 2.75) is 0 Å². The minimum absolute atomic E-state index is 0.0678. The Morgan fingerprint density at radius 2 is 1.90 bits per heavy atom. The molecular formula is C12H12Cl2N2O4. The monoisotopic (exact) mass is 318 g/mol. The predicted molar refractivity (Wildman–Crippen MR) is 73.8 cm³/mol. The van der Waals surface area contributed by atoms with E-state index in [1.165, 1.54) is 25.2 Å². The molecule has 0 saturated heterocycles. The molecule has 2 amide bonds. The summed E-state index contributed by atoms with van der Waals surface area (Å²) in [5.74, 6) is -1.73. The highest BCUT2D eigenvalue weighted by molar-refractivity contribution is 6.35. The summed E-state index contributed by atoms with van der Waals surface area (Å²) in [7, 11) is 1.44. The molecule has 2 N–H and O–H groups in total. The van der Waals surface area contributed by atoms with Gasteiger partial charge >= 0.3 is 5.97 Å². The van der Waals surface area contributed by atoms with Gasteiger partial charge in [-0.1, -0.05) is 23.2 Å². The molecule has 0 aliphatic carbocycles. The molecule has 8 heteroatoms. The van der Waals surface area contributed by atoms with Crippen LogP contribution in [0.25, 0.3) is 0 Å². The maximum Gasteiger partial charge on any atom is 0.340 e. The molecule has 6 nitrogen and oxygen atoms in total. The molecule has 0 fully saturated rings. The summed E-state index contributed by atoms with van der Waals surface area (Å²) < 4.78 is 4.77.